The third-order valence-corrected chi connectivity index (χ3v) is 6.24. The minimum absolute atomic E-state index is 0.0419. The highest BCUT2D eigenvalue weighted by atomic mass is 35.5. The van der Waals surface area contributed by atoms with Crippen molar-refractivity contribution in [2.75, 3.05) is 5.32 Å². The Morgan fingerprint density at radius 1 is 1.00 bits per heavy atom. The van der Waals surface area contributed by atoms with Crippen LogP contribution in [0.4, 0.5) is 5.69 Å². The van der Waals surface area contributed by atoms with E-state index < -0.39 is 5.60 Å². The van der Waals surface area contributed by atoms with Gasteiger partial charge in [0.1, 0.15) is 23.6 Å². The van der Waals surface area contributed by atoms with E-state index in [1.54, 1.807) is 0 Å². The zero-order chi connectivity index (χ0) is 24.3. The zero-order valence-corrected chi connectivity index (χ0v) is 21.4. The minimum Gasteiger partial charge on any atom is -0.485 e. The molecule has 1 aliphatic rings. The van der Waals surface area contributed by atoms with Gasteiger partial charge in [0.05, 0.1) is 12.7 Å². The molecule has 4 rings (SSSR count). The summed E-state index contributed by atoms with van der Waals surface area (Å²) in [6.45, 7) is 11.5. The zero-order valence-electron chi connectivity index (χ0n) is 20.6. The van der Waals surface area contributed by atoms with Crippen LogP contribution >= 0.6 is 11.6 Å². The maximum Gasteiger partial charge on any atom is 0.132 e. The number of rotatable bonds is 8. The molecule has 4 nitrogen and oxygen atoms in total. The molecule has 180 valence electrons. The Morgan fingerprint density at radius 3 is 2.47 bits per heavy atom. The van der Waals surface area contributed by atoms with Crippen molar-refractivity contribution in [2.24, 2.45) is 0 Å². The molecular formula is C29H34ClNO3. The average molecular weight is 480 g/mol. The van der Waals surface area contributed by atoms with Crippen LogP contribution in [-0.2, 0) is 22.6 Å². The lowest BCUT2D eigenvalue weighted by Gasteiger charge is -2.45. The Balaban J connectivity index is 1.58. The molecule has 0 radical (unpaired) electrons. The van der Waals surface area contributed by atoms with Crippen LogP contribution in [0.15, 0.2) is 66.7 Å². The van der Waals surface area contributed by atoms with Gasteiger partial charge in [0, 0.05) is 22.8 Å². The van der Waals surface area contributed by atoms with E-state index in [1.165, 1.54) is 5.56 Å². The predicted octanol–water partition coefficient (Wildman–Crippen LogP) is 7.48. The largest absolute Gasteiger partial charge is 0.485 e. The van der Waals surface area contributed by atoms with E-state index in [0.29, 0.717) is 13.2 Å². The number of aryl methyl sites for hydroxylation is 1. The monoisotopic (exact) mass is 479 g/mol. The molecule has 1 N–H and O–H groups in total. The van der Waals surface area contributed by atoms with Crippen LogP contribution in [0.5, 0.6) is 5.75 Å². The fourth-order valence-corrected chi connectivity index (χ4v) is 4.50. The van der Waals surface area contributed by atoms with E-state index in [0.717, 1.165) is 33.1 Å². The number of halogens is 1. The van der Waals surface area contributed by atoms with E-state index >= 15 is 0 Å². The molecular weight excluding hydrogens is 446 g/mol. The first-order valence-electron chi connectivity index (χ1n) is 11.8. The molecule has 0 aliphatic carbocycles. The van der Waals surface area contributed by atoms with Crippen LogP contribution in [0.25, 0.3) is 0 Å². The van der Waals surface area contributed by atoms with Crippen molar-refractivity contribution in [1.82, 2.24) is 0 Å². The smallest absolute Gasteiger partial charge is 0.132 e. The van der Waals surface area contributed by atoms with Gasteiger partial charge in [-0.25, -0.2) is 0 Å². The van der Waals surface area contributed by atoms with Gasteiger partial charge in [-0.05, 0) is 76.1 Å². The first-order chi connectivity index (χ1) is 16.2. The van der Waals surface area contributed by atoms with Gasteiger partial charge >= 0.3 is 0 Å². The summed E-state index contributed by atoms with van der Waals surface area (Å²) in [6, 6.07) is 22.5. The van der Waals surface area contributed by atoms with Crippen molar-refractivity contribution in [3.63, 3.8) is 0 Å². The van der Waals surface area contributed by atoms with Crippen molar-refractivity contribution in [2.45, 2.75) is 71.7 Å². The van der Waals surface area contributed by atoms with E-state index in [4.69, 9.17) is 25.8 Å². The molecule has 1 heterocycles. The summed E-state index contributed by atoms with van der Waals surface area (Å²) in [5.41, 5.74) is 4.93. The first kappa shape index (κ1) is 24.6. The molecule has 0 fully saturated rings. The van der Waals surface area contributed by atoms with Crippen LogP contribution in [0.3, 0.4) is 0 Å². The summed E-state index contributed by atoms with van der Waals surface area (Å²) in [5.74, 6) is 0.833. The number of nitrogens with one attached hydrogen (secondary N) is 1. The van der Waals surface area contributed by atoms with Crippen LogP contribution in [-0.4, -0.2) is 17.8 Å². The van der Waals surface area contributed by atoms with Crippen LogP contribution in [0, 0.1) is 6.92 Å². The predicted molar refractivity (Wildman–Crippen MR) is 139 cm³/mol. The van der Waals surface area contributed by atoms with Crippen LogP contribution in [0.2, 0.25) is 5.02 Å². The second kappa shape index (κ2) is 10.4. The molecule has 0 amide bonds. The lowest BCUT2D eigenvalue weighted by Crippen LogP contribution is -2.51. The van der Waals surface area contributed by atoms with Gasteiger partial charge in [-0.15, -0.1) is 0 Å². The van der Waals surface area contributed by atoms with Crippen molar-refractivity contribution >= 4 is 17.3 Å². The summed E-state index contributed by atoms with van der Waals surface area (Å²) in [4.78, 5) is 0. The Labute approximate surface area is 208 Å². The quantitative estimate of drug-likeness (QED) is 0.363. The van der Waals surface area contributed by atoms with Gasteiger partial charge in [-0.3, -0.25) is 0 Å². The third-order valence-electron chi connectivity index (χ3n) is 6.00. The Kier molecular flexibility index (Phi) is 7.51. The molecule has 5 heteroatoms. The molecule has 2 unspecified atom stereocenters. The molecule has 0 bridgehead atoms. The molecule has 0 aromatic heterocycles. The summed E-state index contributed by atoms with van der Waals surface area (Å²) in [7, 11) is 0. The highest BCUT2D eigenvalue weighted by molar-refractivity contribution is 6.30. The molecule has 3 aromatic rings. The maximum atomic E-state index is 6.49. The third kappa shape index (κ3) is 5.93. The molecule has 34 heavy (non-hydrogen) atoms. The number of hydrogen-bond acceptors (Lipinski definition) is 4. The van der Waals surface area contributed by atoms with E-state index in [-0.39, 0.29) is 18.3 Å². The highest BCUT2D eigenvalue weighted by Crippen LogP contribution is 2.45. The molecule has 0 saturated heterocycles. The van der Waals surface area contributed by atoms with Gasteiger partial charge < -0.3 is 19.5 Å². The van der Waals surface area contributed by atoms with Crippen molar-refractivity contribution in [3.05, 3.63) is 94.0 Å². The summed E-state index contributed by atoms with van der Waals surface area (Å²) < 4.78 is 19.4. The van der Waals surface area contributed by atoms with Gasteiger partial charge in [0.25, 0.3) is 0 Å². The number of fused-ring (bicyclic) bond motifs is 1. The normalized spacial score (nSPS) is 18.9. The van der Waals surface area contributed by atoms with Crippen LogP contribution in [0.1, 0.15) is 56.1 Å². The van der Waals surface area contributed by atoms with E-state index in [9.17, 15) is 0 Å². The lowest BCUT2D eigenvalue weighted by molar-refractivity contribution is -0.177. The van der Waals surface area contributed by atoms with Crippen molar-refractivity contribution in [3.8, 4) is 5.75 Å². The van der Waals surface area contributed by atoms with Gasteiger partial charge in [-0.1, -0.05) is 53.6 Å². The summed E-state index contributed by atoms with van der Waals surface area (Å²) >= 11 is 6.14. The second-order valence-electron chi connectivity index (χ2n) is 9.76. The van der Waals surface area contributed by atoms with Gasteiger partial charge in [0.15, 0.2) is 0 Å². The van der Waals surface area contributed by atoms with Gasteiger partial charge in [-0.2, -0.15) is 0 Å². The number of benzene rings is 3. The first-order valence-corrected chi connectivity index (χ1v) is 12.2. The maximum absolute atomic E-state index is 6.49. The van der Waals surface area contributed by atoms with Crippen LogP contribution < -0.4 is 10.1 Å². The topological polar surface area (TPSA) is 39.7 Å². The fourth-order valence-electron chi connectivity index (χ4n) is 4.29. The SMILES string of the molecule is Cc1ccc(COC2C(OC(C)C)c3cc(NCc4cccc(Cl)c4)ccc3OC2(C)C)cc1. The molecule has 0 spiro atoms. The van der Waals surface area contributed by atoms with Crippen molar-refractivity contribution in [1.29, 1.82) is 0 Å². The Bertz CT molecular complexity index is 1110. The molecule has 1 aliphatic heterocycles. The number of hydrogen-bond donors (Lipinski definition) is 1. The highest BCUT2D eigenvalue weighted by Gasteiger charge is 2.46. The minimum atomic E-state index is -0.549. The Morgan fingerprint density at radius 2 is 1.76 bits per heavy atom. The van der Waals surface area contributed by atoms with E-state index in [2.05, 4.69) is 76.3 Å². The lowest BCUT2D eigenvalue weighted by atomic mass is 9.87. The van der Waals surface area contributed by atoms with E-state index in [1.807, 2.05) is 30.3 Å². The fraction of sp³-hybridized carbons (Fsp3) is 0.379. The molecule has 3 aromatic carbocycles. The number of anilines is 1. The molecule has 2 atom stereocenters. The molecule has 0 saturated carbocycles. The second-order valence-corrected chi connectivity index (χ2v) is 10.2. The number of ether oxygens (including phenoxy) is 3. The summed E-state index contributed by atoms with van der Waals surface area (Å²) in [6.07, 6.45) is -0.482. The standard InChI is InChI=1S/C29H34ClNO3/c1-19(2)33-27-25-16-24(31-17-22-7-6-8-23(30)15-22)13-14-26(25)34-29(4,5)28(27)32-18-21-11-9-20(3)10-12-21/h6-16,19,27-28,31H,17-18H2,1-5H3. The van der Waals surface area contributed by atoms with Crippen molar-refractivity contribution < 1.29 is 14.2 Å². The summed E-state index contributed by atoms with van der Waals surface area (Å²) in [5, 5.41) is 4.24. The Hall–Kier alpha value is -2.53. The van der Waals surface area contributed by atoms with Gasteiger partial charge in [0.2, 0.25) is 0 Å². The average Bonchev–Trinajstić information content (AvgIpc) is 2.78.